The lowest BCUT2D eigenvalue weighted by molar-refractivity contribution is 0.0676. The second-order valence-corrected chi connectivity index (χ2v) is 6.36. The smallest absolute Gasteiger partial charge is 0.264 e. The van der Waals surface area contributed by atoms with Gasteiger partial charge in [-0.05, 0) is 44.0 Å². The fourth-order valence-corrected chi connectivity index (χ4v) is 2.98. The van der Waals surface area contributed by atoms with Gasteiger partial charge in [0.1, 0.15) is 0 Å². The van der Waals surface area contributed by atoms with Gasteiger partial charge in [-0.15, -0.1) is 11.3 Å². The Morgan fingerprint density at radius 1 is 1.27 bits per heavy atom. The molecule has 1 atom stereocenters. The maximum atomic E-state index is 12.8. The molecule has 4 nitrogen and oxygen atoms in total. The second-order valence-electron chi connectivity index (χ2n) is 5.27. The van der Waals surface area contributed by atoms with E-state index in [9.17, 15) is 9.59 Å². The molecule has 22 heavy (non-hydrogen) atoms. The van der Waals surface area contributed by atoms with Gasteiger partial charge in [0.05, 0.1) is 9.75 Å². The highest BCUT2D eigenvalue weighted by Gasteiger charge is 2.22. The van der Waals surface area contributed by atoms with Crippen LogP contribution in [0.2, 0.25) is 0 Å². The third kappa shape index (κ3) is 3.80. The van der Waals surface area contributed by atoms with Gasteiger partial charge in [0.25, 0.3) is 5.91 Å². The summed E-state index contributed by atoms with van der Waals surface area (Å²) < 4.78 is 0. The molecule has 0 N–H and O–H groups in total. The predicted molar refractivity (Wildman–Crippen MR) is 88.2 cm³/mol. The number of hydrogen-bond donors (Lipinski definition) is 0. The lowest BCUT2D eigenvalue weighted by atomic mass is 10.1. The van der Waals surface area contributed by atoms with Crippen molar-refractivity contribution in [2.45, 2.75) is 39.8 Å². The minimum atomic E-state index is -0.0318. The number of Topliss-reactive ketones (excluding diaryl/α,β-unsaturated/α-hetero) is 1. The van der Waals surface area contributed by atoms with Crippen molar-refractivity contribution in [3.05, 3.63) is 52.0 Å². The van der Waals surface area contributed by atoms with E-state index in [1.165, 1.54) is 18.3 Å². The van der Waals surface area contributed by atoms with Gasteiger partial charge < -0.3 is 4.90 Å². The average molecular weight is 316 g/mol. The molecular formula is C17H20N2O2S. The number of thiophene rings is 1. The first-order valence-electron chi connectivity index (χ1n) is 7.33. The Kier molecular flexibility index (Phi) is 5.44. The van der Waals surface area contributed by atoms with Crippen LogP contribution in [0.4, 0.5) is 0 Å². The van der Waals surface area contributed by atoms with Gasteiger partial charge in [0.15, 0.2) is 5.78 Å². The molecule has 1 unspecified atom stereocenters. The molecule has 2 rings (SSSR count). The average Bonchev–Trinajstić information content (AvgIpc) is 3.02. The van der Waals surface area contributed by atoms with Crippen molar-refractivity contribution in [1.29, 1.82) is 0 Å². The van der Waals surface area contributed by atoms with Crippen LogP contribution in [0.15, 0.2) is 36.7 Å². The first-order valence-corrected chi connectivity index (χ1v) is 8.15. The third-order valence-electron chi connectivity index (χ3n) is 3.62. The second kappa shape index (κ2) is 7.31. The van der Waals surface area contributed by atoms with E-state index in [4.69, 9.17) is 0 Å². The molecule has 2 aromatic heterocycles. The number of amides is 1. The standard InChI is InChI=1S/C17H20N2O2S/c1-4-12(2)19(11-14-6-5-9-18-10-14)17(21)16-8-7-15(22-16)13(3)20/h5-10,12H,4,11H2,1-3H3. The van der Waals surface area contributed by atoms with E-state index in [1.807, 2.05) is 24.0 Å². The van der Waals surface area contributed by atoms with Gasteiger partial charge >= 0.3 is 0 Å². The summed E-state index contributed by atoms with van der Waals surface area (Å²) >= 11 is 1.26. The summed E-state index contributed by atoms with van der Waals surface area (Å²) in [5.41, 5.74) is 1.000. The van der Waals surface area contributed by atoms with Crippen LogP contribution < -0.4 is 0 Å². The largest absolute Gasteiger partial charge is 0.331 e. The molecule has 0 saturated carbocycles. The molecular weight excluding hydrogens is 296 g/mol. The molecule has 0 aliphatic rings. The molecule has 5 heteroatoms. The predicted octanol–water partition coefficient (Wildman–Crippen LogP) is 3.79. The van der Waals surface area contributed by atoms with Crippen LogP contribution >= 0.6 is 11.3 Å². The van der Waals surface area contributed by atoms with E-state index in [2.05, 4.69) is 11.9 Å². The lowest BCUT2D eigenvalue weighted by Gasteiger charge is -2.28. The number of nitrogens with zero attached hydrogens (tertiary/aromatic N) is 2. The highest BCUT2D eigenvalue weighted by Crippen LogP contribution is 2.22. The molecule has 0 aliphatic heterocycles. The van der Waals surface area contributed by atoms with Gasteiger partial charge in [-0.3, -0.25) is 14.6 Å². The van der Waals surface area contributed by atoms with Crippen molar-refractivity contribution in [1.82, 2.24) is 9.88 Å². The zero-order chi connectivity index (χ0) is 16.1. The van der Waals surface area contributed by atoms with Crippen LogP contribution in [-0.2, 0) is 6.54 Å². The van der Waals surface area contributed by atoms with E-state index in [1.54, 1.807) is 24.5 Å². The van der Waals surface area contributed by atoms with Crippen LogP contribution in [0.5, 0.6) is 0 Å². The van der Waals surface area contributed by atoms with E-state index >= 15 is 0 Å². The first kappa shape index (κ1) is 16.4. The van der Waals surface area contributed by atoms with E-state index in [-0.39, 0.29) is 17.7 Å². The summed E-state index contributed by atoms with van der Waals surface area (Å²) in [5.74, 6) is -0.0397. The van der Waals surface area contributed by atoms with Crippen LogP contribution in [0.25, 0.3) is 0 Å². The summed E-state index contributed by atoms with van der Waals surface area (Å²) in [6.45, 7) is 6.13. The van der Waals surface area contributed by atoms with Crippen molar-refractivity contribution >= 4 is 23.0 Å². The fraction of sp³-hybridized carbons (Fsp3) is 0.353. The van der Waals surface area contributed by atoms with Crippen molar-refractivity contribution in [2.75, 3.05) is 0 Å². The van der Waals surface area contributed by atoms with Crippen LogP contribution in [-0.4, -0.2) is 27.6 Å². The number of rotatable bonds is 6. The van der Waals surface area contributed by atoms with Crippen molar-refractivity contribution < 1.29 is 9.59 Å². The number of pyridine rings is 1. The number of carbonyl (C=O) groups is 2. The molecule has 0 spiro atoms. The molecule has 0 saturated heterocycles. The molecule has 2 heterocycles. The Morgan fingerprint density at radius 2 is 2.00 bits per heavy atom. The fourth-order valence-electron chi connectivity index (χ4n) is 2.12. The Morgan fingerprint density at radius 3 is 2.55 bits per heavy atom. The van der Waals surface area contributed by atoms with Crippen LogP contribution in [0.1, 0.15) is 52.1 Å². The zero-order valence-corrected chi connectivity index (χ0v) is 13.9. The van der Waals surface area contributed by atoms with Crippen molar-refractivity contribution in [3.63, 3.8) is 0 Å². The van der Waals surface area contributed by atoms with Gasteiger partial charge in [0, 0.05) is 25.0 Å². The van der Waals surface area contributed by atoms with E-state index in [0.29, 0.717) is 16.3 Å². The van der Waals surface area contributed by atoms with Crippen LogP contribution in [0, 0.1) is 0 Å². The van der Waals surface area contributed by atoms with Crippen molar-refractivity contribution in [2.24, 2.45) is 0 Å². The summed E-state index contributed by atoms with van der Waals surface area (Å²) in [6.07, 6.45) is 4.37. The molecule has 0 fully saturated rings. The van der Waals surface area contributed by atoms with Crippen LogP contribution in [0.3, 0.4) is 0 Å². The molecule has 0 aliphatic carbocycles. The minimum Gasteiger partial charge on any atom is -0.331 e. The Balaban J connectivity index is 2.24. The normalized spacial score (nSPS) is 12.0. The highest BCUT2D eigenvalue weighted by molar-refractivity contribution is 7.15. The van der Waals surface area contributed by atoms with Crippen molar-refractivity contribution in [3.8, 4) is 0 Å². The third-order valence-corrected chi connectivity index (χ3v) is 4.80. The zero-order valence-electron chi connectivity index (χ0n) is 13.1. The Bertz CT molecular complexity index is 652. The van der Waals surface area contributed by atoms with E-state index in [0.717, 1.165) is 12.0 Å². The number of ketones is 1. The number of aromatic nitrogens is 1. The molecule has 0 radical (unpaired) electrons. The molecule has 116 valence electrons. The number of hydrogen-bond acceptors (Lipinski definition) is 4. The highest BCUT2D eigenvalue weighted by atomic mass is 32.1. The molecule has 2 aromatic rings. The Labute approximate surface area is 134 Å². The van der Waals surface area contributed by atoms with Gasteiger partial charge in [-0.2, -0.15) is 0 Å². The maximum absolute atomic E-state index is 12.8. The molecule has 0 aromatic carbocycles. The first-order chi connectivity index (χ1) is 10.5. The van der Waals surface area contributed by atoms with E-state index < -0.39 is 0 Å². The summed E-state index contributed by atoms with van der Waals surface area (Å²) in [7, 11) is 0. The molecule has 1 amide bonds. The van der Waals surface area contributed by atoms with Gasteiger partial charge in [-0.1, -0.05) is 13.0 Å². The lowest BCUT2D eigenvalue weighted by Crippen LogP contribution is -2.37. The monoisotopic (exact) mass is 316 g/mol. The van der Waals surface area contributed by atoms with Gasteiger partial charge in [-0.25, -0.2) is 0 Å². The minimum absolute atomic E-state index is 0.00796. The topological polar surface area (TPSA) is 50.3 Å². The summed E-state index contributed by atoms with van der Waals surface area (Å²) in [6, 6.07) is 7.41. The SMILES string of the molecule is CCC(C)N(Cc1cccnc1)C(=O)c1ccc(C(C)=O)s1. The summed E-state index contributed by atoms with van der Waals surface area (Å²) in [4.78, 5) is 31.4. The quantitative estimate of drug-likeness (QED) is 0.762. The summed E-state index contributed by atoms with van der Waals surface area (Å²) in [5, 5.41) is 0. The maximum Gasteiger partial charge on any atom is 0.264 e. The Hall–Kier alpha value is -2.01. The number of carbonyl (C=O) groups excluding carboxylic acids is 2. The van der Waals surface area contributed by atoms with Gasteiger partial charge in [0.2, 0.25) is 0 Å². The molecule has 0 bridgehead atoms.